The van der Waals surface area contributed by atoms with Crippen molar-refractivity contribution >= 4 is 17.4 Å². The molecule has 0 bridgehead atoms. The number of piperidine rings is 1. The standard InChI is InChI=1S/C18H21ClN4O2/c19-15-9-13(10-16-18(15)25-8-7-24-16)11-20-14-3-2-6-23(12-14)17-4-1-5-21-22-17/h1,4-5,9-10,14,20H,2-3,6-8,11-12H2. The molecule has 2 aliphatic heterocycles. The van der Waals surface area contributed by atoms with Gasteiger partial charge in [-0.2, -0.15) is 5.10 Å². The number of hydrogen-bond acceptors (Lipinski definition) is 6. The van der Waals surface area contributed by atoms with Gasteiger partial charge in [0.1, 0.15) is 13.2 Å². The molecule has 1 unspecified atom stereocenters. The van der Waals surface area contributed by atoms with Gasteiger partial charge in [0.05, 0.1) is 5.02 Å². The SMILES string of the molecule is Clc1cc(CNC2CCCN(c3cccnn3)C2)cc2c1OCCO2. The van der Waals surface area contributed by atoms with E-state index < -0.39 is 0 Å². The molecule has 1 atom stereocenters. The fourth-order valence-corrected chi connectivity index (χ4v) is 3.63. The number of aromatic nitrogens is 2. The van der Waals surface area contributed by atoms with E-state index in [2.05, 4.69) is 20.4 Å². The number of hydrogen-bond donors (Lipinski definition) is 1. The van der Waals surface area contributed by atoms with Gasteiger partial charge in [-0.1, -0.05) is 11.6 Å². The van der Waals surface area contributed by atoms with E-state index in [4.69, 9.17) is 21.1 Å². The van der Waals surface area contributed by atoms with E-state index in [0.717, 1.165) is 49.6 Å². The molecule has 6 nitrogen and oxygen atoms in total. The Kier molecular flexibility index (Phi) is 4.90. The lowest BCUT2D eigenvalue weighted by atomic mass is 10.0. The third-order valence-electron chi connectivity index (χ3n) is 4.56. The van der Waals surface area contributed by atoms with E-state index in [0.29, 0.717) is 30.0 Å². The molecule has 4 rings (SSSR count). The molecule has 7 heteroatoms. The van der Waals surface area contributed by atoms with Gasteiger partial charge in [-0.3, -0.25) is 0 Å². The molecule has 1 saturated heterocycles. The molecule has 0 saturated carbocycles. The van der Waals surface area contributed by atoms with Gasteiger partial charge in [0, 0.05) is 31.9 Å². The van der Waals surface area contributed by atoms with Crippen molar-refractivity contribution in [2.45, 2.75) is 25.4 Å². The van der Waals surface area contributed by atoms with Gasteiger partial charge in [-0.15, -0.1) is 5.10 Å². The number of anilines is 1. The average Bonchev–Trinajstić information content (AvgIpc) is 2.67. The zero-order valence-corrected chi connectivity index (χ0v) is 14.7. The van der Waals surface area contributed by atoms with Crippen LogP contribution in [0.4, 0.5) is 5.82 Å². The van der Waals surface area contributed by atoms with Crippen LogP contribution in [0, 0.1) is 0 Å². The zero-order chi connectivity index (χ0) is 17.1. The number of nitrogens with one attached hydrogen (secondary N) is 1. The summed E-state index contributed by atoms with van der Waals surface area (Å²) < 4.78 is 11.2. The van der Waals surface area contributed by atoms with Crippen molar-refractivity contribution in [2.24, 2.45) is 0 Å². The second-order valence-electron chi connectivity index (χ2n) is 6.35. The third-order valence-corrected chi connectivity index (χ3v) is 4.84. The Morgan fingerprint density at radius 1 is 1.28 bits per heavy atom. The van der Waals surface area contributed by atoms with E-state index in [9.17, 15) is 0 Å². The summed E-state index contributed by atoms with van der Waals surface area (Å²) in [4.78, 5) is 2.28. The average molecular weight is 361 g/mol. The second-order valence-corrected chi connectivity index (χ2v) is 6.76. The largest absolute Gasteiger partial charge is 0.486 e. The molecule has 3 heterocycles. The molecular formula is C18H21ClN4O2. The summed E-state index contributed by atoms with van der Waals surface area (Å²) >= 11 is 6.32. The lowest BCUT2D eigenvalue weighted by molar-refractivity contribution is 0.171. The quantitative estimate of drug-likeness (QED) is 0.904. The van der Waals surface area contributed by atoms with Gasteiger partial charge in [0.25, 0.3) is 0 Å². The molecule has 1 aromatic carbocycles. The van der Waals surface area contributed by atoms with E-state index in [1.54, 1.807) is 6.20 Å². The predicted octanol–water partition coefficient (Wildman–Crippen LogP) is 2.66. The number of benzene rings is 1. The minimum atomic E-state index is 0.405. The number of rotatable bonds is 4. The molecule has 1 N–H and O–H groups in total. The highest BCUT2D eigenvalue weighted by atomic mass is 35.5. The topological polar surface area (TPSA) is 59.5 Å². The van der Waals surface area contributed by atoms with Gasteiger partial charge in [-0.05, 0) is 42.7 Å². The summed E-state index contributed by atoms with van der Waals surface area (Å²) in [6.07, 6.45) is 3.99. The lowest BCUT2D eigenvalue weighted by Crippen LogP contribution is -2.45. The number of ether oxygens (including phenoxy) is 2. The van der Waals surface area contributed by atoms with Gasteiger partial charge in [-0.25, -0.2) is 0 Å². The first-order valence-electron chi connectivity index (χ1n) is 8.63. The molecule has 1 fully saturated rings. The van der Waals surface area contributed by atoms with Crippen molar-refractivity contribution in [3.63, 3.8) is 0 Å². The second kappa shape index (κ2) is 7.45. The molecule has 0 amide bonds. The van der Waals surface area contributed by atoms with Crippen LogP contribution < -0.4 is 19.7 Å². The molecule has 0 spiro atoms. The first-order chi connectivity index (χ1) is 12.3. The third kappa shape index (κ3) is 3.80. The lowest BCUT2D eigenvalue weighted by Gasteiger charge is -2.33. The fourth-order valence-electron chi connectivity index (χ4n) is 3.34. The Balaban J connectivity index is 1.39. The highest BCUT2D eigenvalue weighted by molar-refractivity contribution is 6.32. The van der Waals surface area contributed by atoms with Crippen LogP contribution >= 0.6 is 11.6 Å². The Morgan fingerprint density at radius 2 is 2.20 bits per heavy atom. The van der Waals surface area contributed by atoms with Crippen LogP contribution in [0.1, 0.15) is 18.4 Å². The number of nitrogens with zero attached hydrogens (tertiary/aromatic N) is 3. The van der Waals surface area contributed by atoms with Crippen molar-refractivity contribution in [1.82, 2.24) is 15.5 Å². The predicted molar refractivity (Wildman–Crippen MR) is 96.5 cm³/mol. The van der Waals surface area contributed by atoms with Crippen LogP contribution in [0.25, 0.3) is 0 Å². The fraction of sp³-hybridized carbons (Fsp3) is 0.444. The Hall–Kier alpha value is -2.05. The highest BCUT2D eigenvalue weighted by Crippen LogP contribution is 2.38. The van der Waals surface area contributed by atoms with E-state index >= 15 is 0 Å². The molecule has 0 aliphatic carbocycles. The summed E-state index contributed by atoms with van der Waals surface area (Å²) in [6.45, 7) is 3.81. The number of halogens is 1. The first kappa shape index (κ1) is 16.4. The van der Waals surface area contributed by atoms with Crippen LogP contribution in [0.2, 0.25) is 5.02 Å². The molecule has 2 aromatic rings. The molecule has 2 aliphatic rings. The van der Waals surface area contributed by atoms with E-state index in [1.807, 2.05) is 24.3 Å². The Labute approximate surface area is 152 Å². The molecule has 132 valence electrons. The first-order valence-corrected chi connectivity index (χ1v) is 9.01. The van der Waals surface area contributed by atoms with E-state index in [-0.39, 0.29) is 0 Å². The maximum absolute atomic E-state index is 6.32. The molecule has 0 radical (unpaired) electrons. The molecule has 25 heavy (non-hydrogen) atoms. The van der Waals surface area contributed by atoms with Crippen LogP contribution in [-0.4, -0.2) is 42.5 Å². The van der Waals surface area contributed by atoms with Gasteiger partial charge < -0.3 is 19.7 Å². The van der Waals surface area contributed by atoms with Gasteiger partial charge in [0.15, 0.2) is 17.3 Å². The summed E-state index contributed by atoms with van der Waals surface area (Å²) in [5, 5.41) is 12.4. The van der Waals surface area contributed by atoms with Crippen molar-refractivity contribution in [2.75, 3.05) is 31.2 Å². The number of fused-ring (bicyclic) bond motifs is 1. The highest BCUT2D eigenvalue weighted by Gasteiger charge is 2.21. The van der Waals surface area contributed by atoms with Gasteiger partial charge >= 0.3 is 0 Å². The molecular weight excluding hydrogens is 340 g/mol. The zero-order valence-electron chi connectivity index (χ0n) is 13.9. The van der Waals surface area contributed by atoms with Gasteiger partial charge in [0.2, 0.25) is 0 Å². The summed E-state index contributed by atoms with van der Waals surface area (Å²) in [6, 6.07) is 8.30. The van der Waals surface area contributed by atoms with Crippen molar-refractivity contribution < 1.29 is 9.47 Å². The molecule has 1 aromatic heterocycles. The summed E-state index contributed by atoms with van der Waals surface area (Å²) in [7, 11) is 0. The van der Waals surface area contributed by atoms with Crippen LogP contribution in [0.15, 0.2) is 30.5 Å². The minimum absolute atomic E-state index is 0.405. The normalized spacial score (nSPS) is 19.7. The summed E-state index contributed by atoms with van der Waals surface area (Å²) in [5.41, 5.74) is 1.10. The monoisotopic (exact) mass is 360 g/mol. The van der Waals surface area contributed by atoms with Crippen LogP contribution in [0.3, 0.4) is 0 Å². The van der Waals surface area contributed by atoms with Crippen molar-refractivity contribution in [3.8, 4) is 11.5 Å². The van der Waals surface area contributed by atoms with E-state index in [1.165, 1.54) is 0 Å². The van der Waals surface area contributed by atoms with Crippen LogP contribution in [-0.2, 0) is 6.54 Å². The van der Waals surface area contributed by atoms with Crippen molar-refractivity contribution in [1.29, 1.82) is 0 Å². The summed E-state index contributed by atoms with van der Waals surface area (Å²) in [5.74, 6) is 2.33. The maximum atomic E-state index is 6.32. The minimum Gasteiger partial charge on any atom is -0.486 e. The maximum Gasteiger partial charge on any atom is 0.179 e. The van der Waals surface area contributed by atoms with Crippen LogP contribution in [0.5, 0.6) is 11.5 Å². The smallest absolute Gasteiger partial charge is 0.179 e. The Bertz CT molecular complexity index is 729. The Morgan fingerprint density at radius 3 is 3.08 bits per heavy atom. The van der Waals surface area contributed by atoms with Crippen molar-refractivity contribution in [3.05, 3.63) is 41.0 Å².